The Bertz CT molecular complexity index is 471. The first-order valence-corrected chi connectivity index (χ1v) is 14.9. The first kappa shape index (κ1) is 27.4. The van der Waals surface area contributed by atoms with E-state index in [9.17, 15) is 0 Å². The van der Waals surface area contributed by atoms with Gasteiger partial charge in [0.05, 0.1) is 20.6 Å². The third-order valence-electron chi connectivity index (χ3n) is 6.57. The number of unbranched alkanes of at least 4 members (excludes halogenated alkanes) is 16. The molecular formula is C28H54NSi+. The van der Waals surface area contributed by atoms with Crippen molar-refractivity contribution in [3.8, 4) is 0 Å². The quantitative estimate of drug-likeness (QED) is 0.106. The molecule has 0 unspecified atom stereocenters. The van der Waals surface area contributed by atoms with Crippen LogP contribution in [0.2, 0.25) is 6.04 Å². The first-order chi connectivity index (χ1) is 14.6. The molecule has 0 atom stereocenters. The van der Waals surface area contributed by atoms with Gasteiger partial charge in [0.25, 0.3) is 0 Å². The van der Waals surface area contributed by atoms with Crippen LogP contribution in [0.25, 0.3) is 0 Å². The minimum atomic E-state index is 1.12. The van der Waals surface area contributed by atoms with E-state index in [-0.39, 0.29) is 0 Å². The molecule has 1 aromatic rings. The Labute approximate surface area is 193 Å². The smallest absolute Gasteiger partial charge is 0.104 e. The summed E-state index contributed by atoms with van der Waals surface area (Å²) in [6.45, 7) is 2.45. The maximum Gasteiger partial charge on any atom is 0.104 e. The third kappa shape index (κ3) is 17.1. The van der Waals surface area contributed by atoms with Gasteiger partial charge >= 0.3 is 0 Å². The van der Waals surface area contributed by atoms with E-state index in [0.29, 0.717) is 0 Å². The third-order valence-corrected chi connectivity index (χ3v) is 7.28. The molecule has 174 valence electrons. The Hall–Kier alpha value is -0.603. The van der Waals surface area contributed by atoms with Crippen LogP contribution >= 0.6 is 0 Å². The van der Waals surface area contributed by atoms with Crippen LogP contribution in [0.5, 0.6) is 0 Å². The Morgan fingerprint density at radius 1 is 0.533 bits per heavy atom. The van der Waals surface area contributed by atoms with Crippen molar-refractivity contribution in [1.82, 2.24) is 0 Å². The van der Waals surface area contributed by atoms with Crippen molar-refractivity contribution in [1.29, 1.82) is 0 Å². The summed E-state index contributed by atoms with van der Waals surface area (Å²) in [5, 5.41) is 0. The summed E-state index contributed by atoms with van der Waals surface area (Å²) in [5.41, 5.74) is 1.46. The van der Waals surface area contributed by atoms with E-state index in [1.54, 1.807) is 0 Å². The lowest BCUT2D eigenvalue weighted by molar-refractivity contribution is -0.903. The van der Waals surface area contributed by atoms with Crippen LogP contribution < -0.4 is 0 Å². The zero-order valence-electron chi connectivity index (χ0n) is 21.0. The van der Waals surface area contributed by atoms with Crippen LogP contribution in [-0.2, 0) is 6.54 Å². The molecular weight excluding hydrogens is 378 g/mol. The predicted molar refractivity (Wildman–Crippen MR) is 140 cm³/mol. The normalized spacial score (nSPS) is 11.9. The van der Waals surface area contributed by atoms with Gasteiger partial charge in [-0.15, -0.1) is 0 Å². The van der Waals surface area contributed by atoms with Crippen LogP contribution in [-0.4, -0.2) is 35.4 Å². The highest BCUT2D eigenvalue weighted by Gasteiger charge is 2.14. The minimum absolute atomic E-state index is 1.12. The van der Waals surface area contributed by atoms with Gasteiger partial charge in [0.1, 0.15) is 6.54 Å². The largest absolute Gasteiger partial charge is 0.325 e. The lowest BCUT2D eigenvalue weighted by Crippen LogP contribution is -2.39. The van der Waals surface area contributed by atoms with Gasteiger partial charge in [-0.2, -0.15) is 0 Å². The van der Waals surface area contributed by atoms with E-state index in [2.05, 4.69) is 44.4 Å². The molecule has 0 heterocycles. The summed E-state index contributed by atoms with van der Waals surface area (Å²) in [4.78, 5) is 0. The molecule has 0 saturated carbocycles. The standard InChI is InChI=1S/C28H54NSi/c1-29(2,27-28-23-19-18-20-24-28)25-21-16-14-12-10-8-6-4-3-5-7-9-11-13-15-17-22-26-30/h18-20,23-24H,3-17,21-22,25-27H2,1-2,30H3/q+1. The Kier molecular flexibility index (Phi) is 17.5. The summed E-state index contributed by atoms with van der Waals surface area (Å²) in [6.07, 6.45) is 25.0. The van der Waals surface area contributed by atoms with E-state index >= 15 is 0 Å². The van der Waals surface area contributed by atoms with Crippen molar-refractivity contribution in [2.24, 2.45) is 0 Å². The molecule has 1 nitrogen and oxygen atoms in total. The van der Waals surface area contributed by atoms with Crippen molar-refractivity contribution in [2.75, 3.05) is 20.6 Å². The number of hydrogen-bond donors (Lipinski definition) is 0. The number of nitrogens with zero attached hydrogens (tertiary/aromatic N) is 1. The van der Waals surface area contributed by atoms with E-state index in [4.69, 9.17) is 0 Å². The highest BCUT2D eigenvalue weighted by molar-refractivity contribution is 6.08. The first-order valence-electron chi connectivity index (χ1n) is 13.5. The Balaban J connectivity index is 1.79. The number of rotatable bonds is 21. The maximum atomic E-state index is 2.38. The van der Waals surface area contributed by atoms with Gasteiger partial charge in [0, 0.05) is 15.8 Å². The molecule has 0 aromatic heterocycles. The molecule has 0 radical (unpaired) electrons. The zero-order chi connectivity index (χ0) is 21.8. The van der Waals surface area contributed by atoms with Gasteiger partial charge in [0.15, 0.2) is 0 Å². The monoisotopic (exact) mass is 432 g/mol. The lowest BCUT2D eigenvalue weighted by Gasteiger charge is -2.30. The van der Waals surface area contributed by atoms with Crippen LogP contribution in [0.4, 0.5) is 0 Å². The fourth-order valence-electron chi connectivity index (χ4n) is 4.60. The molecule has 0 aliphatic rings. The van der Waals surface area contributed by atoms with Crippen molar-refractivity contribution in [3.05, 3.63) is 35.9 Å². The maximum absolute atomic E-state index is 2.38. The number of quaternary nitrogens is 1. The van der Waals surface area contributed by atoms with Gasteiger partial charge < -0.3 is 4.48 Å². The highest BCUT2D eigenvalue weighted by atomic mass is 28.1. The average molecular weight is 433 g/mol. The van der Waals surface area contributed by atoms with Crippen molar-refractivity contribution in [2.45, 2.75) is 122 Å². The van der Waals surface area contributed by atoms with Gasteiger partial charge in [-0.3, -0.25) is 0 Å². The van der Waals surface area contributed by atoms with E-state index in [1.165, 1.54) is 138 Å². The molecule has 2 heteroatoms. The topological polar surface area (TPSA) is 0 Å². The fraction of sp³-hybridized carbons (Fsp3) is 0.786. The summed E-state index contributed by atoms with van der Waals surface area (Å²) >= 11 is 0. The minimum Gasteiger partial charge on any atom is -0.325 e. The van der Waals surface area contributed by atoms with E-state index < -0.39 is 0 Å². The molecule has 0 saturated heterocycles. The molecule has 0 bridgehead atoms. The molecule has 0 aliphatic carbocycles. The molecule has 1 rings (SSSR count). The molecule has 0 aliphatic heterocycles. The van der Waals surface area contributed by atoms with Gasteiger partial charge in [-0.25, -0.2) is 0 Å². The Morgan fingerprint density at radius 2 is 0.900 bits per heavy atom. The fourth-order valence-corrected chi connectivity index (χ4v) is 5.10. The van der Waals surface area contributed by atoms with Crippen molar-refractivity contribution < 1.29 is 4.48 Å². The number of hydrogen-bond acceptors (Lipinski definition) is 0. The Morgan fingerprint density at radius 3 is 1.30 bits per heavy atom. The molecule has 0 spiro atoms. The average Bonchev–Trinajstić information content (AvgIpc) is 2.73. The van der Waals surface area contributed by atoms with E-state index in [0.717, 1.165) is 11.0 Å². The lowest BCUT2D eigenvalue weighted by atomic mass is 10.0. The number of benzene rings is 1. The van der Waals surface area contributed by atoms with Crippen LogP contribution in [0, 0.1) is 0 Å². The van der Waals surface area contributed by atoms with Gasteiger partial charge in [0.2, 0.25) is 0 Å². The van der Waals surface area contributed by atoms with Crippen LogP contribution in [0.3, 0.4) is 0 Å². The van der Waals surface area contributed by atoms with Crippen LogP contribution in [0.15, 0.2) is 30.3 Å². The van der Waals surface area contributed by atoms with Crippen molar-refractivity contribution in [3.63, 3.8) is 0 Å². The van der Waals surface area contributed by atoms with Crippen LogP contribution in [0.1, 0.15) is 115 Å². The van der Waals surface area contributed by atoms with E-state index in [1.807, 2.05) is 0 Å². The summed E-state index contributed by atoms with van der Waals surface area (Å²) in [6, 6.07) is 12.5. The van der Waals surface area contributed by atoms with Crippen molar-refractivity contribution >= 4 is 10.2 Å². The summed E-state index contributed by atoms with van der Waals surface area (Å²) in [5.74, 6) is 0. The second-order valence-corrected chi connectivity index (χ2v) is 11.3. The highest BCUT2D eigenvalue weighted by Crippen LogP contribution is 2.15. The second kappa shape index (κ2) is 19.1. The SMILES string of the molecule is C[N+](C)(CCCCCCCCCCCCCCCCCCC[SiH3])Cc1ccccc1. The predicted octanol–water partition coefficient (Wildman–Crippen LogP) is 7.68. The second-order valence-electron chi connectivity index (χ2n) is 10.3. The molecule has 0 fully saturated rings. The molecule has 0 N–H and O–H groups in total. The molecule has 1 aromatic carbocycles. The molecule has 0 amide bonds. The zero-order valence-corrected chi connectivity index (χ0v) is 23.0. The molecule has 30 heavy (non-hydrogen) atoms. The summed E-state index contributed by atoms with van der Waals surface area (Å²) in [7, 11) is 6.16. The van der Waals surface area contributed by atoms with Gasteiger partial charge in [-0.1, -0.05) is 133 Å². The van der Waals surface area contributed by atoms with Gasteiger partial charge in [-0.05, 0) is 12.8 Å². The summed E-state index contributed by atoms with van der Waals surface area (Å²) < 4.78 is 1.12.